The summed E-state index contributed by atoms with van der Waals surface area (Å²) < 4.78 is 5.60. The Morgan fingerprint density at radius 1 is 1.29 bits per heavy atom. The molecule has 1 aromatic carbocycles. The number of hydrogen-bond acceptors (Lipinski definition) is 4. The molecule has 1 amide bonds. The number of aliphatic hydroxyl groups excluding tert-OH is 1. The quantitative estimate of drug-likeness (QED) is 0.851. The number of fused-ring (bicyclic) bond motifs is 1. The minimum absolute atomic E-state index is 0.00905. The number of aliphatic hydroxyl groups is 1. The van der Waals surface area contributed by atoms with E-state index >= 15 is 0 Å². The summed E-state index contributed by atoms with van der Waals surface area (Å²) in [6.45, 7) is 0.999. The minimum Gasteiger partial charge on any atom is -0.493 e. The maximum atomic E-state index is 12.6. The topological polar surface area (TPSA) is 71.5 Å². The fourth-order valence-corrected chi connectivity index (χ4v) is 3.00. The van der Waals surface area contributed by atoms with Gasteiger partial charge in [-0.25, -0.2) is 0 Å². The maximum Gasteiger partial charge on any atom is 0.227 e. The number of pyridine rings is 1. The molecule has 0 unspecified atom stereocenters. The molecular weight excluding hydrogens is 304 g/mol. The molecule has 3 rings (SSSR count). The minimum atomic E-state index is -0.191. The highest BCUT2D eigenvalue weighted by molar-refractivity contribution is 5.84. The Kier molecular flexibility index (Phi) is 5.43. The molecule has 0 radical (unpaired) electrons. The van der Waals surface area contributed by atoms with Gasteiger partial charge in [-0.1, -0.05) is 24.3 Å². The predicted octanol–water partition coefficient (Wildman–Crippen LogP) is 1.92. The number of rotatable bonds is 6. The highest BCUT2D eigenvalue weighted by atomic mass is 16.5. The first-order valence-corrected chi connectivity index (χ1v) is 8.28. The summed E-state index contributed by atoms with van der Waals surface area (Å²) in [4.78, 5) is 16.8. The van der Waals surface area contributed by atoms with Gasteiger partial charge in [0.15, 0.2) is 0 Å². The van der Waals surface area contributed by atoms with Crippen molar-refractivity contribution in [2.24, 2.45) is 5.92 Å². The first-order chi connectivity index (χ1) is 11.8. The standard InChI is InChI=1S/C19H22N2O3/c22-13-14(11-15-5-3-4-9-20-15)12-21-19(23)17-8-10-24-18-7-2-1-6-16(17)18/h1-7,9,14,17,22H,8,10-13H2,(H,21,23)/t14-,17-/m1/s1. The normalized spacial score (nSPS) is 17.5. The van der Waals surface area contributed by atoms with Gasteiger partial charge < -0.3 is 15.2 Å². The van der Waals surface area contributed by atoms with E-state index in [-0.39, 0.29) is 24.3 Å². The zero-order valence-electron chi connectivity index (χ0n) is 13.5. The fraction of sp³-hybridized carbons (Fsp3) is 0.368. The molecule has 126 valence electrons. The number of carbonyl (C=O) groups excluding carboxylic acids is 1. The maximum absolute atomic E-state index is 12.6. The van der Waals surface area contributed by atoms with Crippen molar-refractivity contribution >= 4 is 5.91 Å². The highest BCUT2D eigenvalue weighted by Crippen LogP contribution is 2.33. The molecule has 1 aliphatic heterocycles. The van der Waals surface area contributed by atoms with Crippen LogP contribution >= 0.6 is 0 Å². The van der Waals surface area contributed by atoms with Crippen LogP contribution in [0.1, 0.15) is 23.6 Å². The van der Waals surface area contributed by atoms with Crippen molar-refractivity contribution < 1.29 is 14.6 Å². The van der Waals surface area contributed by atoms with Crippen molar-refractivity contribution in [3.63, 3.8) is 0 Å². The van der Waals surface area contributed by atoms with E-state index in [9.17, 15) is 9.90 Å². The summed E-state index contributed by atoms with van der Waals surface area (Å²) in [5, 5.41) is 12.6. The predicted molar refractivity (Wildman–Crippen MR) is 90.8 cm³/mol. The molecule has 0 fully saturated rings. The summed E-state index contributed by atoms with van der Waals surface area (Å²) in [6, 6.07) is 13.4. The van der Waals surface area contributed by atoms with Crippen molar-refractivity contribution in [3.8, 4) is 5.75 Å². The van der Waals surface area contributed by atoms with Crippen LogP contribution in [0, 0.1) is 5.92 Å². The third-order valence-corrected chi connectivity index (χ3v) is 4.32. The van der Waals surface area contributed by atoms with E-state index in [0.717, 1.165) is 17.0 Å². The van der Waals surface area contributed by atoms with Gasteiger partial charge in [-0.3, -0.25) is 9.78 Å². The van der Waals surface area contributed by atoms with Gasteiger partial charge in [-0.15, -0.1) is 0 Å². The number of hydrogen-bond donors (Lipinski definition) is 2. The van der Waals surface area contributed by atoms with Crippen LogP contribution in [0.4, 0.5) is 0 Å². The van der Waals surface area contributed by atoms with E-state index in [1.54, 1.807) is 6.20 Å². The molecule has 5 heteroatoms. The second-order valence-corrected chi connectivity index (χ2v) is 6.05. The third kappa shape index (κ3) is 3.92. The lowest BCUT2D eigenvalue weighted by atomic mass is 9.92. The Hall–Kier alpha value is -2.40. The SMILES string of the molecule is O=C(NC[C@H](CO)Cc1ccccn1)[C@@H]1CCOc2ccccc21. The van der Waals surface area contributed by atoms with Gasteiger partial charge in [-0.2, -0.15) is 0 Å². The van der Waals surface area contributed by atoms with Crippen LogP contribution in [0.25, 0.3) is 0 Å². The molecule has 0 saturated heterocycles. The van der Waals surface area contributed by atoms with E-state index in [2.05, 4.69) is 10.3 Å². The number of carbonyl (C=O) groups is 1. The van der Waals surface area contributed by atoms with Crippen LogP contribution in [0.3, 0.4) is 0 Å². The molecule has 0 spiro atoms. The molecule has 0 bridgehead atoms. The summed E-state index contributed by atoms with van der Waals surface area (Å²) in [6.07, 6.45) is 3.05. The average Bonchev–Trinajstić information content (AvgIpc) is 2.65. The molecule has 2 aromatic rings. The first kappa shape index (κ1) is 16.5. The Balaban J connectivity index is 1.59. The number of benzene rings is 1. The van der Waals surface area contributed by atoms with Crippen LogP contribution in [0.2, 0.25) is 0 Å². The average molecular weight is 326 g/mol. The molecule has 0 aliphatic carbocycles. The van der Waals surface area contributed by atoms with Crippen molar-refractivity contribution in [1.82, 2.24) is 10.3 Å². The lowest BCUT2D eigenvalue weighted by molar-refractivity contribution is -0.123. The van der Waals surface area contributed by atoms with Crippen molar-refractivity contribution in [2.45, 2.75) is 18.8 Å². The van der Waals surface area contributed by atoms with Crippen LogP contribution in [-0.2, 0) is 11.2 Å². The van der Waals surface area contributed by atoms with Gasteiger partial charge in [0.05, 0.1) is 12.5 Å². The van der Waals surface area contributed by atoms with E-state index in [4.69, 9.17) is 4.74 Å². The van der Waals surface area contributed by atoms with Gasteiger partial charge in [0, 0.05) is 36.5 Å². The molecule has 2 N–H and O–H groups in total. The highest BCUT2D eigenvalue weighted by Gasteiger charge is 2.27. The first-order valence-electron chi connectivity index (χ1n) is 8.28. The second kappa shape index (κ2) is 7.93. The van der Waals surface area contributed by atoms with Crippen molar-refractivity contribution in [2.75, 3.05) is 19.8 Å². The summed E-state index contributed by atoms with van der Waals surface area (Å²) >= 11 is 0. The molecule has 1 aromatic heterocycles. The summed E-state index contributed by atoms with van der Waals surface area (Å²) in [5.74, 6) is 0.546. The van der Waals surface area contributed by atoms with Gasteiger partial charge >= 0.3 is 0 Å². The smallest absolute Gasteiger partial charge is 0.227 e. The lowest BCUT2D eigenvalue weighted by Crippen LogP contribution is -2.36. The Morgan fingerprint density at radius 2 is 2.12 bits per heavy atom. The van der Waals surface area contributed by atoms with Crippen LogP contribution < -0.4 is 10.1 Å². The number of nitrogens with one attached hydrogen (secondary N) is 1. The van der Waals surface area contributed by atoms with E-state index in [1.165, 1.54) is 0 Å². The Morgan fingerprint density at radius 3 is 2.92 bits per heavy atom. The van der Waals surface area contributed by atoms with E-state index in [1.807, 2.05) is 42.5 Å². The Labute approximate surface area is 141 Å². The van der Waals surface area contributed by atoms with Gasteiger partial charge in [0.1, 0.15) is 5.75 Å². The molecule has 2 heterocycles. The van der Waals surface area contributed by atoms with Crippen molar-refractivity contribution in [1.29, 1.82) is 0 Å². The second-order valence-electron chi connectivity index (χ2n) is 6.05. The van der Waals surface area contributed by atoms with Crippen LogP contribution in [0.5, 0.6) is 5.75 Å². The van der Waals surface area contributed by atoms with E-state index < -0.39 is 0 Å². The number of amides is 1. The zero-order valence-corrected chi connectivity index (χ0v) is 13.5. The number of para-hydroxylation sites is 1. The molecular formula is C19H22N2O3. The van der Waals surface area contributed by atoms with Crippen LogP contribution in [0.15, 0.2) is 48.7 Å². The number of ether oxygens (including phenoxy) is 1. The van der Waals surface area contributed by atoms with Gasteiger partial charge in [0.25, 0.3) is 0 Å². The molecule has 24 heavy (non-hydrogen) atoms. The number of nitrogens with zero attached hydrogens (tertiary/aromatic N) is 1. The molecule has 5 nitrogen and oxygen atoms in total. The zero-order chi connectivity index (χ0) is 16.8. The van der Waals surface area contributed by atoms with Gasteiger partial charge in [-0.05, 0) is 31.0 Å². The lowest BCUT2D eigenvalue weighted by Gasteiger charge is -2.25. The van der Waals surface area contributed by atoms with E-state index in [0.29, 0.717) is 26.0 Å². The Bertz CT molecular complexity index is 675. The van der Waals surface area contributed by atoms with Crippen LogP contribution in [-0.4, -0.2) is 35.8 Å². The monoisotopic (exact) mass is 326 g/mol. The van der Waals surface area contributed by atoms with Gasteiger partial charge in [0.2, 0.25) is 5.91 Å². The summed E-state index contributed by atoms with van der Waals surface area (Å²) in [5.41, 5.74) is 1.86. The third-order valence-electron chi connectivity index (χ3n) is 4.32. The largest absolute Gasteiger partial charge is 0.493 e. The molecule has 1 aliphatic rings. The summed E-state index contributed by atoms with van der Waals surface area (Å²) in [7, 11) is 0. The fourth-order valence-electron chi connectivity index (χ4n) is 3.00. The number of aromatic nitrogens is 1. The van der Waals surface area contributed by atoms with Crippen molar-refractivity contribution in [3.05, 3.63) is 59.9 Å². The molecule has 0 saturated carbocycles. The molecule has 2 atom stereocenters.